The Balaban J connectivity index is 1.89. The molecule has 0 saturated heterocycles. The van der Waals surface area contributed by atoms with Gasteiger partial charge in [-0.2, -0.15) is 0 Å². The van der Waals surface area contributed by atoms with Crippen molar-refractivity contribution in [2.75, 3.05) is 6.61 Å². The first kappa shape index (κ1) is 15.1. The van der Waals surface area contributed by atoms with Crippen LogP contribution in [0.5, 0.6) is 5.75 Å². The molecule has 112 valence electrons. The Morgan fingerprint density at radius 1 is 1.33 bits per heavy atom. The van der Waals surface area contributed by atoms with Crippen LogP contribution in [0.4, 0.5) is 0 Å². The SMILES string of the molecule is CCC(NC(=O)COc1cc(C)cc(C)c1)c1ncc[nH]1. The highest BCUT2D eigenvalue weighted by molar-refractivity contribution is 5.77. The lowest BCUT2D eigenvalue weighted by Gasteiger charge is -2.15. The van der Waals surface area contributed by atoms with Crippen LogP contribution in [0, 0.1) is 13.8 Å². The summed E-state index contributed by atoms with van der Waals surface area (Å²) in [5.41, 5.74) is 2.24. The zero-order chi connectivity index (χ0) is 15.2. The van der Waals surface area contributed by atoms with Crippen LogP contribution < -0.4 is 10.1 Å². The number of hydrogen-bond donors (Lipinski definition) is 2. The van der Waals surface area contributed by atoms with Crippen LogP contribution in [0.1, 0.15) is 36.3 Å². The molecule has 0 spiro atoms. The Morgan fingerprint density at radius 2 is 2.05 bits per heavy atom. The molecule has 1 heterocycles. The van der Waals surface area contributed by atoms with Crippen LogP contribution in [0.25, 0.3) is 0 Å². The number of carbonyl (C=O) groups is 1. The maximum Gasteiger partial charge on any atom is 0.258 e. The average molecular weight is 287 g/mol. The molecule has 0 saturated carbocycles. The molecule has 5 heteroatoms. The molecule has 1 aromatic heterocycles. The molecule has 1 unspecified atom stereocenters. The van der Waals surface area contributed by atoms with E-state index in [0.717, 1.165) is 23.4 Å². The summed E-state index contributed by atoms with van der Waals surface area (Å²) in [6, 6.07) is 5.79. The van der Waals surface area contributed by atoms with Gasteiger partial charge in [0.2, 0.25) is 0 Å². The summed E-state index contributed by atoms with van der Waals surface area (Å²) in [7, 11) is 0. The van der Waals surface area contributed by atoms with E-state index in [0.29, 0.717) is 5.75 Å². The molecule has 5 nitrogen and oxygen atoms in total. The van der Waals surface area contributed by atoms with Crippen molar-refractivity contribution in [3.8, 4) is 5.75 Å². The van der Waals surface area contributed by atoms with Gasteiger partial charge in [-0.1, -0.05) is 13.0 Å². The van der Waals surface area contributed by atoms with Gasteiger partial charge >= 0.3 is 0 Å². The van der Waals surface area contributed by atoms with E-state index in [9.17, 15) is 4.79 Å². The molecule has 0 aliphatic carbocycles. The minimum absolute atomic E-state index is 0.000101. The van der Waals surface area contributed by atoms with E-state index in [4.69, 9.17) is 4.74 Å². The topological polar surface area (TPSA) is 67.0 Å². The number of aromatic nitrogens is 2. The lowest BCUT2D eigenvalue weighted by Crippen LogP contribution is -2.32. The highest BCUT2D eigenvalue weighted by atomic mass is 16.5. The minimum Gasteiger partial charge on any atom is -0.484 e. The third-order valence-corrected chi connectivity index (χ3v) is 3.16. The molecule has 1 amide bonds. The van der Waals surface area contributed by atoms with Gasteiger partial charge in [-0.15, -0.1) is 0 Å². The van der Waals surface area contributed by atoms with Gasteiger partial charge in [0.05, 0.1) is 6.04 Å². The molecular formula is C16H21N3O2. The first-order chi connectivity index (χ1) is 10.1. The Labute approximate surface area is 124 Å². The number of nitrogens with zero attached hydrogens (tertiary/aromatic N) is 1. The van der Waals surface area contributed by atoms with Crippen molar-refractivity contribution in [2.24, 2.45) is 0 Å². The van der Waals surface area contributed by atoms with Crippen LogP contribution in [0.2, 0.25) is 0 Å². The molecule has 0 aliphatic heterocycles. The zero-order valence-corrected chi connectivity index (χ0v) is 12.6. The average Bonchev–Trinajstić information content (AvgIpc) is 2.95. The molecule has 0 bridgehead atoms. The van der Waals surface area contributed by atoms with Gasteiger partial charge < -0.3 is 15.0 Å². The maximum atomic E-state index is 12.0. The van der Waals surface area contributed by atoms with Crippen LogP contribution in [0.3, 0.4) is 0 Å². The van der Waals surface area contributed by atoms with Crippen molar-refractivity contribution < 1.29 is 9.53 Å². The van der Waals surface area contributed by atoms with Crippen molar-refractivity contribution in [1.82, 2.24) is 15.3 Å². The van der Waals surface area contributed by atoms with Gasteiger partial charge in [-0.05, 0) is 43.5 Å². The lowest BCUT2D eigenvalue weighted by atomic mass is 10.1. The zero-order valence-electron chi connectivity index (χ0n) is 12.6. The van der Waals surface area contributed by atoms with E-state index in [1.54, 1.807) is 12.4 Å². The molecule has 2 rings (SSSR count). The van der Waals surface area contributed by atoms with Crippen molar-refractivity contribution in [2.45, 2.75) is 33.2 Å². The molecule has 2 aromatic rings. The van der Waals surface area contributed by atoms with Crippen LogP contribution in [-0.2, 0) is 4.79 Å². The van der Waals surface area contributed by atoms with Gasteiger partial charge in [-0.3, -0.25) is 4.79 Å². The summed E-state index contributed by atoms with van der Waals surface area (Å²) in [6.07, 6.45) is 4.19. The molecule has 1 atom stereocenters. The van der Waals surface area contributed by atoms with E-state index in [2.05, 4.69) is 21.4 Å². The number of carbonyl (C=O) groups excluding carboxylic acids is 1. The van der Waals surface area contributed by atoms with E-state index in [1.807, 2.05) is 32.9 Å². The molecule has 0 aliphatic rings. The van der Waals surface area contributed by atoms with Crippen molar-refractivity contribution in [3.63, 3.8) is 0 Å². The number of hydrogen-bond acceptors (Lipinski definition) is 3. The summed E-state index contributed by atoms with van der Waals surface area (Å²) < 4.78 is 5.55. The Kier molecular flexibility index (Phi) is 4.98. The summed E-state index contributed by atoms with van der Waals surface area (Å²) in [5.74, 6) is 1.32. The van der Waals surface area contributed by atoms with Crippen molar-refractivity contribution >= 4 is 5.91 Å². The predicted molar refractivity (Wildman–Crippen MR) is 81.2 cm³/mol. The van der Waals surface area contributed by atoms with Gasteiger partial charge in [-0.25, -0.2) is 4.98 Å². The molecule has 21 heavy (non-hydrogen) atoms. The Bertz CT molecular complexity index is 573. The van der Waals surface area contributed by atoms with Gasteiger partial charge in [0.1, 0.15) is 11.6 Å². The molecule has 0 radical (unpaired) electrons. The van der Waals surface area contributed by atoms with E-state index in [1.165, 1.54) is 0 Å². The Hall–Kier alpha value is -2.30. The summed E-state index contributed by atoms with van der Waals surface area (Å²) >= 11 is 0. The van der Waals surface area contributed by atoms with Crippen molar-refractivity contribution in [1.29, 1.82) is 0 Å². The number of rotatable bonds is 6. The van der Waals surface area contributed by atoms with Crippen LogP contribution in [-0.4, -0.2) is 22.5 Å². The second-order valence-corrected chi connectivity index (χ2v) is 5.11. The number of nitrogens with one attached hydrogen (secondary N) is 2. The highest BCUT2D eigenvalue weighted by Gasteiger charge is 2.15. The predicted octanol–water partition coefficient (Wildman–Crippen LogP) is 2.67. The summed E-state index contributed by atoms with van der Waals surface area (Å²) in [6.45, 7) is 6.01. The highest BCUT2D eigenvalue weighted by Crippen LogP contribution is 2.16. The van der Waals surface area contributed by atoms with Crippen LogP contribution >= 0.6 is 0 Å². The molecule has 0 fully saturated rings. The fourth-order valence-electron chi connectivity index (χ4n) is 2.23. The number of ether oxygens (including phenoxy) is 1. The largest absolute Gasteiger partial charge is 0.484 e. The van der Waals surface area contributed by atoms with Crippen LogP contribution in [0.15, 0.2) is 30.6 Å². The standard InChI is InChI=1S/C16H21N3O2/c1-4-14(16-17-5-6-18-16)19-15(20)10-21-13-8-11(2)7-12(3)9-13/h5-9,14H,4,10H2,1-3H3,(H,17,18)(H,19,20). The fourth-order valence-corrected chi connectivity index (χ4v) is 2.23. The monoisotopic (exact) mass is 287 g/mol. The Morgan fingerprint density at radius 3 is 2.62 bits per heavy atom. The van der Waals surface area contributed by atoms with Gasteiger partial charge in [0.25, 0.3) is 5.91 Å². The summed E-state index contributed by atoms with van der Waals surface area (Å²) in [5, 5.41) is 2.91. The normalized spacial score (nSPS) is 12.0. The second-order valence-electron chi connectivity index (χ2n) is 5.11. The minimum atomic E-state index is -0.155. The fraction of sp³-hybridized carbons (Fsp3) is 0.375. The third kappa shape index (κ3) is 4.34. The number of imidazole rings is 1. The first-order valence-electron chi connectivity index (χ1n) is 7.08. The van der Waals surface area contributed by atoms with Gasteiger partial charge in [0.15, 0.2) is 6.61 Å². The quantitative estimate of drug-likeness (QED) is 0.858. The lowest BCUT2D eigenvalue weighted by molar-refractivity contribution is -0.123. The number of amides is 1. The third-order valence-electron chi connectivity index (χ3n) is 3.16. The number of aryl methyl sites for hydroxylation is 2. The first-order valence-corrected chi connectivity index (χ1v) is 7.08. The summed E-state index contributed by atoms with van der Waals surface area (Å²) in [4.78, 5) is 19.2. The smallest absolute Gasteiger partial charge is 0.258 e. The van der Waals surface area contributed by atoms with E-state index < -0.39 is 0 Å². The van der Waals surface area contributed by atoms with Gasteiger partial charge in [0, 0.05) is 12.4 Å². The molecule has 1 aromatic carbocycles. The maximum absolute atomic E-state index is 12.0. The van der Waals surface area contributed by atoms with Crippen molar-refractivity contribution in [3.05, 3.63) is 47.5 Å². The number of benzene rings is 1. The molecule has 2 N–H and O–H groups in total. The van der Waals surface area contributed by atoms with E-state index in [-0.39, 0.29) is 18.6 Å². The molecular weight excluding hydrogens is 266 g/mol. The second kappa shape index (κ2) is 6.92. The number of aromatic amines is 1. The van der Waals surface area contributed by atoms with E-state index >= 15 is 0 Å². The number of H-pyrrole nitrogens is 1.